The van der Waals surface area contributed by atoms with Crippen molar-refractivity contribution < 1.29 is 60.7 Å². The van der Waals surface area contributed by atoms with Gasteiger partial charge in [0.25, 0.3) is 10.2 Å². The van der Waals surface area contributed by atoms with E-state index in [0.29, 0.717) is 59.8 Å². The summed E-state index contributed by atoms with van der Waals surface area (Å²) in [4.78, 5) is 42.2. The number of hydrogen-bond donors (Lipinski definition) is 11. The molecular weight excluding hydrogens is 1640 g/mol. The minimum atomic E-state index is -4.00. The summed E-state index contributed by atoms with van der Waals surface area (Å²) in [5.74, 6) is 0. The van der Waals surface area contributed by atoms with Gasteiger partial charge in [0.2, 0.25) is 0 Å². The largest absolute Gasteiger partial charge is 1.00 e. The van der Waals surface area contributed by atoms with E-state index in [1.165, 1.54) is 41.7 Å². The van der Waals surface area contributed by atoms with Gasteiger partial charge in [-0.15, -0.1) is 8.42 Å². The first-order chi connectivity index (χ1) is 56.5. The van der Waals surface area contributed by atoms with Gasteiger partial charge in [-0.3, -0.25) is 19.9 Å². The van der Waals surface area contributed by atoms with E-state index in [2.05, 4.69) is 95.6 Å². The number of amides is 2. The molecule has 0 saturated carbocycles. The molecule has 2 amide bonds. The molecule has 5 heterocycles. The molecule has 121 heavy (non-hydrogen) atoms. The number of carbonyl (C=O) groups excluding carboxylic acids is 2. The molecule has 31 nitrogen and oxygen atoms in total. The van der Waals surface area contributed by atoms with Gasteiger partial charge in [-0.05, 0) is 261 Å². The van der Waals surface area contributed by atoms with Gasteiger partial charge in [-0.1, -0.05) is 41.3 Å². The topological polar surface area (TPSA) is 497 Å². The normalized spacial score (nSPS) is 11.1. The summed E-state index contributed by atoms with van der Waals surface area (Å²) in [6.07, 6.45) is 18.2. The summed E-state index contributed by atoms with van der Waals surface area (Å²) in [7, 11) is -7.89. The van der Waals surface area contributed by atoms with Crippen molar-refractivity contribution in [3.8, 4) is 24.3 Å². The van der Waals surface area contributed by atoms with Crippen molar-refractivity contribution in [3.05, 3.63) is 170 Å². The van der Waals surface area contributed by atoms with E-state index < -0.39 is 54.0 Å². The average Bonchev–Trinajstić information content (AvgIpc) is 0.792. The first-order valence-corrected chi connectivity index (χ1v) is 44.2. The molecule has 0 spiro atoms. The maximum absolute atomic E-state index is 11.9. The highest BCUT2D eigenvalue weighted by molar-refractivity contribution is 7.88. The number of hydrogen-bond acceptors (Lipinski definition) is 25. The van der Waals surface area contributed by atoms with Crippen LogP contribution in [0.1, 0.15) is 185 Å². The molecule has 0 saturated heterocycles. The van der Waals surface area contributed by atoms with Gasteiger partial charge >= 0.3 is 32.6 Å². The smallest absolute Gasteiger partial charge is 0.474 e. The molecule has 0 radical (unpaired) electrons. The van der Waals surface area contributed by atoms with Crippen molar-refractivity contribution in [3.63, 3.8) is 0 Å². The molecule has 0 aliphatic carbocycles. The Morgan fingerprint density at radius 1 is 0.446 bits per heavy atom. The van der Waals surface area contributed by atoms with Crippen LogP contribution in [0, 0.1) is 101 Å². The Hall–Kier alpha value is -10.4. The van der Waals surface area contributed by atoms with Crippen LogP contribution in [0.25, 0.3) is 43.6 Å². The number of pyridine rings is 5. The number of halogens is 2. The van der Waals surface area contributed by atoms with Crippen molar-refractivity contribution in [1.82, 2.24) is 38.8 Å². The number of fused-ring (bicyclic) bond motifs is 4. The highest BCUT2D eigenvalue weighted by Crippen LogP contribution is 2.32. The fourth-order valence-corrected chi connectivity index (χ4v) is 13.5. The van der Waals surface area contributed by atoms with E-state index in [9.17, 15) is 50.6 Å². The Balaban J connectivity index is 0.000000388. The second-order valence-electron chi connectivity index (χ2n) is 30.6. The molecule has 4 aromatic carbocycles. The van der Waals surface area contributed by atoms with Crippen LogP contribution in [0.5, 0.6) is 0 Å². The molecule has 0 unspecified atom stereocenters. The number of nitriles is 4. The van der Waals surface area contributed by atoms with Crippen molar-refractivity contribution in [2.75, 3.05) is 87.3 Å². The van der Waals surface area contributed by atoms with E-state index in [-0.39, 0.29) is 19.0 Å². The lowest BCUT2D eigenvalue weighted by Gasteiger charge is -2.19. The zero-order chi connectivity index (χ0) is 89.7. The first kappa shape index (κ1) is 105. The quantitative estimate of drug-likeness (QED) is 0.0147. The molecule has 0 atom stereocenters. The summed E-state index contributed by atoms with van der Waals surface area (Å²) in [5.41, 5.74) is 32.6. The predicted octanol–water partition coefficient (Wildman–Crippen LogP) is 10.1. The van der Waals surface area contributed by atoms with Crippen molar-refractivity contribution in [1.29, 1.82) is 21.0 Å². The number of carbonyl (C=O) groups is 2. The number of unbranched alkanes of at least 4 members (excludes halogenated alkanes) is 8. The molecule has 0 aliphatic heterocycles. The summed E-state index contributed by atoms with van der Waals surface area (Å²) >= 11 is 6.10. The van der Waals surface area contributed by atoms with E-state index >= 15 is 0 Å². The van der Waals surface area contributed by atoms with Crippen LogP contribution in [0.2, 0.25) is 5.02 Å². The Kier molecular flexibility index (Phi) is 43.9. The zero-order valence-electron chi connectivity index (χ0n) is 72.2. The number of nitrogens with zero attached hydrogens (tertiary/aromatic N) is 10. The minimum Gasteiger partial charge on any atom is -1.00 e. The number of aryl methyl sites for hydroxylation is 8. The molecule has 9 aromatic rings. The fourth-order valence-electron chi connectivity index (χ4n) is 11.3. The van der Waals surface area contributed by atoms with Crippen LogP contribution in [0.3, 0.4) is 0 Å². The van der Waals surface area contributed by atoms with Gasteiger partial charge in [0.15, 0.2) is 12.4 Å². The number of aromatic nitrogens is 5. The van der Waals surface area contributed by atoms with Crippen LogP contribution >= 0.6 is 11.6 Å². The lowest BCUT2D eigenvalue weighted by Crippen LogP contribution is -3.00. The fraction of sp³-hybridized carbons (Fsp3) is 0.447. The first-order valence-electron chi connectivity index (χ1n) is 39.4. The van der Waals surface area contributed by atoms with Crippen LogP contribution in [0.4, 0.5) is 32.3 Å². The third-order valence-corrected chi connectivity index (χ3v) is 21.4. The number of nitrogens with two attached hydrogens (primary N) is 4. The maximum atomic E-state index is 11.9. The van der Waals surface area contributed by atoms with Crippen LogP contribution in [0.15, 0.2) is 97.8 Å². The summed E-state index contributed by atoms with van der Waals surface area (Å²) in [6.45, 7) is 31.3. The maximum Gasteiger partial charge on any atom is 0.474 e. The molecule has 5 aromatic heterocycles. The average molecular weight is 1760 g/mol. The standard InChI is InChI=1S/C22H31N5O4S.C17H23N5O2S.C17H22N4.C12H9ClN2.C12H19N3O4S.C5H14N2.ClH/c1-15-11-18-19(12-16(15)2)25-14-17(13-23)20(18)24-9-7-6-8-10-26-32(29,30)27-21(28)31-22(3,4)5;1-12-8-15-16(9-13(12)2)21-11-14(10-18)17(15)20-6-4-3-5-7-22-25(19,23)24;1-12-8-15-16(9-13(12)2)21-11-14(10-19)17(15)20-7-5-3-4-6-18;1-7-3-10-11(4-8(7)2)15-6-9(5-14)12(10)13;1-12(2,3)19-11(16)13-20(17,18)15-8-6-10(7-9-15)14(4)5;6-4-2-1-3-5-7;/h11-12,14,26H,6-10H2,1-5H3,(H,24,25)(H,27,28);8-9,11,22H,3-7H2,1-2H3,(H,20,21)(H2,19,23,24);8-9,11H,3-7,18H2,1-2H3,(H,20,21);3-4,6H,1-2H3;6-9H,1-5H3;1-7H2;1H. The third kappa shape index (κ3) is 36.4. The highest BCUT2D eigenvalue weighted by atomic mass is 35.5. The van der Waals surface area contributed by atoms with Crippen LogP contribution < -0.4 is 78.5 Å². The minimum absolute atomic E-state index is 0. The van der Waals surface area contributed by atoms with Crippen LogP contribution in [-0.4, -0.2) is 135 Å². The Morgan fingerprint density at radius 3 is 1.06 bits per heavy atom. The Bertz CT molecular complexity index is 5490. The number of anilines is 4. The molecule has 656 valence electrons. The molecule has 15 N–H and O–H groups in total. The Labute approximate surface area is 725 Å². The number of benzene rings is 4. The lowest BCUT2D eigenvalue weighted by atomic mass is 10.0. The molecule has 36 heteroatoms. The number of ether oxygens (including phenoxy) is 2. The number of nitrogens with one attached hydrogen (secondary N) is 7. The van der Waals surface area contributed by atoms with E-state index in [1.54, 1.807) is 72.3 Å². The monoisotopic (exact) mass is 1760 g/mol. The second kappa shape index (κ2) is 50.7. The highest BCUT2D eigenvalue weighted by Gasteiger charge is 2.29. The summed E-state index contributed by atoms with van der Waals surface area (Å²) in [5, 5.41) is 56.1. The molecule has 0 fully saturated rings. The van der Waals surface area contributed by atoms with E-state index in [1.807, 2.05) is 106 Å². The van der Waals surface area contributed by atoms with E-state index in [0.717, 1.165) is 182 Å². The Morgan fingerprint density at radius 2 is 0.736 bits per heavy atom. The van der Waals surface area contributed by atoms with Crippen molar-refractivity contribution in [2.24, 2.45) is 22.3 Å². The zero-order valence-corrected chi connectivity index (χ0v) is 76.2. The van der Waals surface area contributed by atoms with Gasteiger partial charge in [-0.2, -0.15) is 47.3 Å². The predicted molar refractivity (Wildman–Crippen MR) is 479 cm³/mol. The van der Waals surface area contributed by atoms with Gasteiger partial charge in [0.1, 0.15) is 35.5 Å². The van der Waals surface area contributed by atoms with Crippen molar-refractivity contribution >= 4 is 121 Å². The van der Waals surface area contributed by atoms with Crippen molar-refractivity contribution in [2.45, 2.75) is 185 Å². The molecule has 0 bridgehead atoms. The second-order valence-corrected chi connectivity index (χ2v) is 35.4. The van der Waals surface area contributed by atoms with Crippen LogP contribution in [-0.2, 0) is 40.1 Å². The SMILES string of the molecule is CN(C)c1cc[n+](S(=O)(=O)NC(=O)OC(C)(C)C)cc1.Cc1cc2ncc(C#N)c(Cl)c2cc1C.Cc1cc2ncc(C#N)c(NCCCCCN)c2cc1C.Cc1cc2ncc(C#N)c(NCCCCCNS(=O)(=O)NC(=O)OC(C)(C)C)c2cc1C.Cc1cc2ncc(C#N)c(NCCCCCNS(N)(=O)=O)c2cc1C.NCCCCCN.[Cl-]. The van der Waals surface area contributed by atoms with Gasteiger partial charge in [0.05, 0.1) is 66.4 Å². The molecular formula is C85H119Cl2N21O10S3. The number of rotatable bonds is 30. The van der Waals surface area contributed by atoms with Gasteiger partial charge in [0, 0.05) is 111 Å². The van der Waals surface area contributed by atoms with E-state index in [4.69, 9.17) is 48.7 Å². The third-order valence-electron chi connectivity index (χ3n) is 18.2. The van der Waals surface area contributed by atoms with Gasteiger partial charge in [-0.25, -0.2) is 24.2 Å². The molecule has 0 aliphatic rings. The van der Waals surface area contributed by atoms with Gasteiger partial charge < -0.3 is 59.9 Å². The summed E-state index contributed by atoms with van der Waals surface area (Å²) in [6, 6.07) is 28.1. The summed E-state index contributed by atoms with van der Waals surface area (Å²) < 4.78 is 88.2. The lowest BCUT2D eigenvalue weighted by molar-refractivity contribution is -0.512. The molecule has 9 rings (SSSR count).